The molecule has 0 aliphatic carbocycles. The summed E-state index contributed by atoms with van der Waals surface area (Å²) in [5.41, 5.74) is -0.630. The predicted octanol–water partition coefficient (Wildman–Crippen LogP) is 1.18. The topological polar surface area (TPSA) is 109 Å². The standard InChI is InChI=1S/C23H24F2N9O2/c1-16(23(36,12-31-15-30(2)14-27-31)20-8-3-17(24)11-21(20)25)32-9-10-33(22(32)35)18-4-6-19(7-5-18)34-13-26-28-29-34/h3-8,11,13-16,36H,9-10,12H2,1-2H3/q+1/t16-,23+/m1/s1. The molecule has 0 unspecified atom stereocenters. The summed E-state index contributed by atoms with van der Waals surface area (Å²) in [6.45, 7) is 2.16. The van der Waals surface area contributed by atoms with E-state index in [4.69, 9.17) is 0 Å². The highest BCUT2D eigenvalue weighted by Gasteiger charge is 2.47. The average molecular weight is 497 g/mol. The highest BCUT2D eigenvalue weighted by Crippen LogP contribution is 2.35. The monoisotopic (exact) mass is 496 g/mol. The Labute approximate surface area is 204 Å². The summed E-state index contributed by atoms with van der Waals surface area (Å²) < 4.78 is 33.2. The van der Waals surface area contributed by atoms with Gasteiger partial charge in [0.1, 0.15) is 30.1 Å². The minimum absolute atomic E-state index is 0.119. The zero-order chi connectivity index (χ0) is 25.4. The van der Waals surface area contributed by atoms with Gasteiger partial charge in [-0.25, -0.2) is 22.8 Å². The van der Waals surface area contributed by atoms with Crippen molar-refractivity contribution in [3.8, 4) is 5.69 Å². The molecule has 11 nitrogen and oxygen atoms in total. The first-order valence-electron chi connectivity index (χ1n) is 11.2. The van der Waals surface area contributed by atoms with Gasteiger partial charge in [-0.05, 0) is 47.7 Å². The van der Waals surface area contributed by atoms with E-state index in [0.29, 0.717) is 18.8 Å². The lowest BCUT2D eigenvalue weighted by atomic mass is 9.85. The lowest BCUT2D eigenvalue weighted by Crippen LogP contribution is -2.53. The van der Waals surface area contributed by atoms with Crippen molar-refractivity contribution in [2.24, 2.45) is 7.05 Å². The zero-order valence-electron chi connectivity index (χ0n) is 19.6. The first kappa shape index (κ1) is 23.5. The number of rotatable bonds is 7. The van der Waals surface area contributed by atoms with Gasteiger partial charge in [-0.3, -0.25) is 4.90 Å². The maximum Gasteiger partial charge on any atom is 0.324 e. The van der Waals surface area contributed by atoms with E-state index in [0.717, 1.165) is 17.8 Å². The van der Waals surface area contributed by atoms with E-state index in [1.165, 1.54) is 33.0 Å². The van der Waals surface area contributed by atoms with Crippen molar-refractivity contribution in [3.05, 3.63) is 78.6 Å². The zero-order valence-corrected chi connectivity index (χ0v) is 19.6. The summed E-state index contributed by atoms with van der Waals surface area (Å²) in [4.78, 5) is 16.5. The van der Waals surface area contributed by atoms with Crippen LogP contribution in [0.15, 0.2) is 61.4 Å². The second-order valence-electron chi connectivity index (χ2n) is 8.73. The Morgan fingerprint density at radius 1 is 1.14 bits per heavy atom. The van der Waals surface area contributed by atoms with Crippen LogP contribution < -0.4 is 9.47 Å². The molecule has 1 N–H and O–H groups in total. The number of amides is 2. The van der Waals surface area contributed by atoms with Crippen molar-refractivity contribution in [2.75, 3.05) is 18.0 Å². The molecule has 1 aliphatic rings. The maximum atomic E-state index is 14.9. The SMILES string of the molecule is C[C@@H](N1CCN(c2ccc(-n3cnnn3)cc2)C1=O)[C@@](O)(Cn1c[n+](C)cn1)c1ccc(F)cc1F. The van der Waals surface area contributed by atoms with Crippen LogP contribution >= 0.6 is 0 Å². The molecule has 36 heavy (non-hydrogen) atoms. The third kappa shape index (κ3) is 4.17. The minimum atomic E-state index is -1.90. The summed E-state index contributed by atoms with van der Waals surface area (Å²) in [6, 6.07) is 8.93. The molecule has 3 heterocycles. The van der Waals surface area contributed by atoms with E-state index in [1.807, 2.05) is 0 Å². The van der Waals surface area contributed by atoms with Crippen LogP contribution in [0.2, 0.25) is 0 Å². The number of halogens is 2. The molecule has 1 saturated heterocycles. The number of aliphatic hydroxyl groups is 1. The van der Waals surface area contributed by atoms with E-state index in [1.54, 1.807) is 54.0 Å². The molecule has 2 aromatic heterocycles. The molecular weight excluding hydrogens is 472 g/mol. The largest absolute Gasteiger partial charge is 0.379 e. The smallest absolute Gasteiger partial charge is 0.324 e. The summed E-state index contributed by atoms with van der Waals surface area (Å²) >= 11 is 0. The Morgan fingerprint density at radius 2 is 1.89 bits per heavy atom. The van der Waals surface area contributed by atoms with Gasteiger partial charge in [-0.15, -0.1) is 9.78 Å². The number of benzene rings is 2. The van der Waals surface area contributed by atoms with E-state index < -0.39 is 23.3 Å². The highest BCUT2D eigenvalue weighted by molar-refractivity contribution is 5.94. The first-order chi connectivity index (χ1) is 17.3. The molecular formula is C23H24F2N9O2+. The lowest BCUT2D eigenvalue weighted by Gasteiger charge is -2.38. The molecule has 0 saturated carbocycles. The van der Waals surface area contributed by atoms with Gasteiger partial charge < -0.3 is 10.0 Å². The Kier molecular flexibility index (Phi) is 5.92. The summed E-state index contributed by atoms with van der Waals surface area (Å²) in [7, 11) is 1.76. The van der Waals surface area contributed by atoms with E-state index >= 15 is 0 Å². The fraction of sp³-hybridized carbons (Fsp3) is 0.304. The van der Waals surface area contributed by atoms with Crippen LogP contribution in [0.25, 0.3) is 5.69 Å². The van der Waals surface area contributed by atoms with Crippen LogP contribution in [-0.2, 0) is 19.2 Å². The van der Waals surface area contributed by atoms with Gasteiger partial charge in [0.15, 0.2) is 0 Å². The molecule has 2 atom stereocenters. The van der Waals surface area contributed by atoms with Crippen molar-refractivity contribution < 1.29 is 23.2 Å². The molecule has 0 bridgehead atoms. The average Bonchev–Trinajstić information content (AvgIpc) is 3.60. The van der Waals surface area contributed by atoms with E-state index in [2.05, 4.69) is 20.6 Å². The van der Waals surface area contributed by atoms with Gasteiger partial charge in [-0.2, -0.15) is 0 Å². The number of aromatic nitrogens is 7. The number of anilines is 1. The number of hydrogen-bond acceptors (Lipinski definition) is 6. The third-order valence-electron chi connectivity index (χ3n) is 6.47. The molecule has 0 spiro atoms. The second-order valence-corrected chi connectivity index (χ2v) is 8.73. The number of tetrazole rings is 1. The molecule has 4 aromatic rings. The molecule has 2 aromatic carbocycles. The van der Waals surface area contributed by atoms with Crippen LogP contribution in [0.5, 0.6) is 0 Å². The summed E-state index contributed by atoms with van der Waals surface area (Å²) in [6.07, 6.45) is 4.63. The van der Waals surface area contributed by atoms with Gasteiger partial charge in [0.05, 0.1) is 18.8 Å². The maximum absolute atomic E-state index is 14.9. The number of carbonyl (C=O) groups is 1. The normalized spacial score (nSPS) is 16.4. The second kappa shape index (κ2) is 9.07. The number of hydrogen-bond donors (Lipinski definition) is 1. The van der Waals surface area contributed by atoms with Crippen LogP contribution in [0.3, 0.4) is 0 Å². The van der Waals surface area contributed by atoms with Crippen molar-refractivity contribution in [1.29, 1.82) is 0 Å². The van der Waals surface area contributed by atoms with Gasteiger partial charge in [0, 0.05) is 35.5 Å². The van der Waals surface area contributed by atoms with Gasteiger partial charge >= 0.3 is 6.03 Å². The molecule has 1 aliphatic heterocycles. The predicted molar refractivity (Wildman–Crippen MR) is 122 cm³/mol. The van der Waals surface area contributed by atoms with Crippen LogP contribution in [0, 0.1) is 11.6 Å². The van der Waals surface area contributed by atoms with Crippen molar-refractivity contribution in [2.45, 2.75) is 25.1 Å². The van der Waals surface area contributed by atoms with Crippen LogP contribution in [0.1, 0.15) is 12.5 Å². The van der Waals surface area contributed by atoms with E-state index in [9.17, 15) is 18.7 Å². The van der Waals surface area contributed by atoms with Crippen molar-refractivity contribution in [3.63, 3.8) is 0 Å². The number of carbonyl (C=O) groups excluding carboxylic acids is 1. The number of aryl methyl sites for hydroxylation is 1. The molecule has 13 heteroatoms. The minimum Gasteiger partial charge on any atom is -0.379 e. The number of urea groups is 1. The number of nitrogens with zero attached hydrogens (tertiary/aromatic N) is 9. The van der Waals surface area contributed by atoms with E-state index in [-0.39, 0.29) is 18.1 Å². The first-order valence-corrected chi connectivity index (χ1v) is 11.2. The molecule has 186 valence electrons. The fourth-order valence-electron chi connectivity index (χ4n) is 4.50. The fourth-order valence-corrected chi connectivity index (χ4v) is 4.50. The Morgan fingerprint density at radius 3 is 2.53 bits per heavy atom. The summed E-state index contributed by atoms with van der Waals surface area (Å²) in [5, 5.41) is 27.2. The highest BCUT2D eigenvalue weighted by atomic mass is 19.1. The Balaban J connectivity index is 1.43. The van der Waals surface area contributed by atoms with Gasteiger partial charge in [0.2, 0.25) is 6.33 Å². The van der Waals surface area contributed by atoms with Crippen LogP contribution in [-0.4, -0.2) is 65.2 Å². The van der Waals surface area contributed by atoms with Crippen molar-refractivity contribution in [1.82, 2.24) is 34.9 Å². The Hall–Kier alpha value is -4.26. The third-order valence-corrected chi connectivity index (χ3v) is 6.47. The van der Waals surface area contributed by atoms with Crippen molar-refractivity contribution >= 4 is 11.7 Å². The quantitative estimate of drug-likeness (QED) is 0.385. The van der Waals surface area contributed by atoms with Crippen LogP contribution in [0.4, 0.5) is 19.3 Å². The molecule has 5 rings (SSSR count). The van der Waals surface area contributed by atoms with Gasteiger partial charge in [0.25, 0.3) is 6.33 Å². The summed E-state index contributed by atoms with van der Waals surface area (Å²) in [5.74, 6) is -1.66. The molecule has 2 amide bonds. The molecule has 0 radical (unpaired) electrons. The molecule has 1 fully saturated rings. The van der Waals surface area contributed by atoms with Gasteiger partial charge in [-0.1, -0.05) is 6.07 Å². The lowest BCUT2D eigenvalue weighted by molar-refractivity contribution is -0.672. The Bertz CT molecular complexity index is 1380.